The van der Waals surface area contributed by atoms with Gasteiger partial charge in [0.1, 0.15) is 12.0 Å². The number of carbonyl (C=O) groups excluding carboxylic acids is 1. The maximum absolute atomic E-state index is 12.6. The van der Waals surface area contributed by atoms with Gasteiger partial charge in [0.25, 0.3) is 0 Å². The first-order chi connectivity index (χ1) is 12.4. The second-order valence-electron chi connectivity index (χ2n) is 7.37. The Balaban J connectivity index is 1.35. The fourth-order valence-corrected chi connectivity index (χ4v) is 4.29. The molecule has 1 aliphatic heterocycles. The number of pyridine rings is 2. The average Bonchev–Trinajstić information content (AvgIpc) is 2.56. The number of anilines is 1. The lowest BCUT2D eigenvalue weighted by atomic mass is 9.54. The van der Waals surface area contributed by atoms with E-state index in [2.05, 4.69) is 9.97 Å². The largest absolute Gasteiger partial charge is 0.433 e. The van der Waals surface area contributed by atoms with Crippen molar-refractivity contribution in [2.24, 2.45) is 11.3 Å². The van der Waals surface area contributed by atoms with E-state index < -0.39 is 11.9 Å². The number of alkyl halides is 3. The smallest absolute Gasteiger partial charge is 0.369 e. The second-order valence-corrected chi connectivity index (χ2v) is 7.37. The first-order valence-corrected chi connectivity index (χ1v) is 8.54. The van der Waals surface area contributed by atoms with E-state index in [0.29, 0.717) is 11.6 Å². The van der Waals surface area contributed by atoms with Gasteiger partial charge >= 0.3 is 6.18 Å². The van der Waals surface area contributed by atoms with Crippen molar-refractivity contribution in [3.05, 3.63) is 54.1 Å². The molecule has 2 fully saturated rings. The maximum Gasteiger partial charge on any atom is 0.433 e. The summed E-state index contributed by atoms with van der Waals surface area (Å²) in [4.78, 5) is 21.2. The molecule has 2 aliphatic rings. The van der Waals surface area contributed by atoms with E-state index in [0.717, 1.165) is 43.8 Å². The molecule has 1 saturated carbocycles. The van der Waals surface area contributed by atoms with Crippen LogP contribution in [-0.2, 0) is 11.0 Å². The highest BCUT2D eigenvalue weighted by atomic mass is 19.4. The van der Waals surface area contributed by atoms with Crippen LogP contribution in [0.2, 0.25) is 0 Å². The Morgan fingerprint density at radius 3 is 2.50 bits per heavy atom. The van der Waals surface area contributed by atoms with Crippen molar-refractivity contribution in [1.29, 1.82) is 0 Å². The Morgan fingerprint density at radius 1 is 1.19 bits per heavy atom. The summed E-state index contributed by atoms with van der Waals surface area (Å²) in [6.07, 6.45) is 3.22. The Bertz CT molecular complexity index is 778. The van der Waals surface area contributed by atoms with E-state index in [4.69, 9.17) is 0 Å². The molecule has 1 atom stereocenters. The van der Waals surface area contributed by atoms with Gasteiger partial charge in [-0.05, 0) is 42.5 Å². The fourth-order valence-electron chi connectivity index (χ4n) is 4.29. The van der Waals surface area contributed by atoms with Crippen LogP contribution >= 0.6 is 0 Å². The zero-order chi connectivity index (χ0) is 18.4. The van der Waals surface area contributed by atoms with Gasteiger partial charge in [-0.15, -0.1) is 0 Å². The minimum absolute atomic E-state index is 0.129. The lowest BCUT2D eigenvalue weighted by Gasteiger charge is -2.61. The number of halogens is 3. The van der Waals surface area contributed by atoms with Gasteiger partial charge in [-0.1, -0.05) is 6.07 Å². The molecule has 2 aromatic heterocycles. The van der Waals surface area contributed by atoms with Crippen LogP contribution in [0.15, 0.2) is 42.9 Å². The van der Waals surface area contributed by atoms with Crippen LogP contribution in [0, 0.1) is 11.3 Å². The molecule has 0 amide bonds. The minimum atomic E-state index is -4.41. The molecular weight excluding hydrogens is 343 g/mol. The maximum atomic E-state index is 12.6. The molecule has 1 aliphatic carbocycles. The van der Waals surface area contributed by atoms with Crippen LogP contribution in [0.4, 0.5) is 18.9 Å². The molecule has 0 aromatic carbocycles. The first-order valence-electron chi connectivity index (χ1n) is 8.54. The molecule has 0 N–H and O–H groups in total. The SMILES string of the molecule is O=CC(c1cccnc1)C1CC2(C1)CN(c1ccc(C(F)(F)F)nc1)C2. The summed E-state index contributed by atoms with van der Waals surface area (Å²) < 4.78 is 37.8. The number of rotatable bonds is 4. The summed E-state index contributed by atoms with van der Waals surface area (Å²) in [5.41, 5.74) is 0.971. The van der Waals surface area contributed by atoms with Gasteiger partial charge in [-0.25, -0.2) is 4.98 Å². The van der Waals surface area contributed by atoms with Crippen molar-refractivity contribution in [2.75, 3.05) is 18.0 Å². The molecule has 26 heavy (non-hydrogen) atoms. The third-order valence-electron chi connectivity index (χ3n) is 5.57. The molecule has 4 rings (SSSR count). The van der Waals surface area contributed by atoms with Gasteiger partial charge in [0, 0.05) is 36.8 Å². The molecule has 0 bridgehead atoms. The van der Waals surface area contributed by atoms with Crippen LogP contribution in [0.3, 0.4) is 0 Å². The predicted octanol–water partition coefficient (Wildman–Crippen LogP) is 3.69. The Hall–Kier alpha value is -2.44. The average molecular weight is 361 g/mol. The molecule has 1 spiro atoms. The van der Waals surface area contributed by atoms with Gasteiger partial charge < -0.3 is 9.69 Å². The molecule has 4 nitrogen and oxygen atoms in total. The van der Waals surface area contributed by atoms with Crippen LogP contribution in [0.5, 0.6) is 0 Å². The molecule has 2 aromatic rings. The summed E-state index contributed by atoms with van der Waals surface area (Å²) in [6.45, 7) is 1.60. The monoisotopic (exact) mass is 361 g/mol. The normalized spacial score (nSPS) is 20.3. The van der Waals surface area contributed by atoms with Gasteiger partial charge in [0.15, 0.2) is 0 Å². The minimum Gasteiger partial charge on any atom is -0.369 e. The second kappa shape index (κ2) is 6.07. The third kappa shape index (κ3) is 2.95. The van der Waals surface area contributed by atoms with Crippen molar-refractivity contribution in [1.82, 2.24) is 9.97 Å². The molecule has 1 unspecified atom stereocenters. The van der Waals surface area contributed by atoms with Crippen molar-refractivity contribution in [3.63, 3.8) is 0 Å². The summed E-state index contributed by atoms with van der Waals surface area (Å²) in [7, 11) is 0. The first kappa shape index (κ1) is 17.0. The Kier molecular flexibility index (Phi) is 3.97. The summed E-state index contributed by atoms with van der Waals surface area (Å²) in [5.74, 6) is 0.181. The lowest BCUT2D eigenvalue weighted by Crippen LogP contribution is -2.63. The van der Waals surface area contributed by atoms with Crippen molar-refractivity contribution in [2.45, 2.75) is 24.9 Å². The number of hydrogen-bond donors (Lipinski definition) is 0. The van der Waals surface area contributed by atoms with E-state index in [1.165, 1.54) is 12.3 Å². The third-order valence-corrected chi connectivity index (χ3v) is 5.57. The van der Waals surface area contributed by atoms with Crippen LogP contribution in [0.1, 0.15) is 30.0 Å². The predicted molar refractivity (Wildman–Crippen MR) is 89.7 cm³/mol. The molecule has 0 radical (unpaired) electrons. The summed E-state index contributed by atoms with van der Waals surface area (Å²) in [5, 5.41) is 0. The van der Waals surface area contributed by atoms with Gasteiger partial charge in [0.2, 0.25) is 0 Å². The number of aldehydes is 1. The molecule has 7 heteroatoms. The number of aromatic nitrogens is 2. The lowest BCUT2D eigenvalue weighted by molar-refractivity contribution is -0.141. The van der Waals surface area contributed by atoms with E-state index in [9.17, 15) is 18.0 Å². The van der Waals surface area contributed by atoms with Gasteiger partial charge in [-0.3, -0.25) is 4.98 Å². The van der Waals surface area contributed by atoms with Crippen molar-refractivity contribution >= 4 is 12.0 Å². The molecule has 136 valence electrons. The van der Waals surface area contributed by atoms with Crippen LogP contribution < -0.4 is 4.90 Å². The zero-order valence-electron chi connectivity index (χ0n) is 14.0. The highest BCUT2D eigenvalue weighted by Crippen LogP contribution is 2.56. The number of carbonyl (C=O) groups is 1. The van der Waals surface area contributed by atoms with Crippen LogP contribution in [0.25, 0.3) is 0 Å². The van der Waals surface area contributed by atoms with E-state index >= 15 is 0 Å². The van der Waals surface area contributed by atoms with Gasteiger partial charge in [0.05, 0.1) is 11.9 Å². The van der Waals surface area contributed by atoms with Crippen LogP contribution in [-0.4, -0.2) is 29.3 Å². The topological polar surface area (TPSA) is 46.1 Å². The molecule has 1 saturated heterocycles. The summed E-state index contributed by atoms with van der Waals surface area (Å²) >= 11 is 0. The fraction of sp³-hybridized carbons (Fsp3) is 0.421. The van der Waals surface area contributed by atoms with Gasteiger partial charge in [-0.2, -0.15) is 13.2 Å². The number of hydrogen-bond acceptors (Lipinski definition) is 4. The standard InChI is InChI=1S/C19H18F3N3O/c20-19(21,22)17-4-3-15(9-24-17)25-11-18(12-25)6-14(7-18)16(10-26)13-2-1-5-23-8-13/h1-5,8-10,14,16H,6-7,11-12H2. The Labute approximate surface area is 149 Å². The summed E-state index contributed by atoms with van der Waals surface area (Å²) in [6, 6.07) is 6.26. The van der Waals surface area contributed by atoms with Crippen molar-refractivity contribution < 1.29 is 18.0 Å². The highest BCUT2D eigenvalue weighted by Gasteiger charge is 2.54. The van der Waals surface area contributed by atoms with E-state index in [1.807, 2.05) is 17.0 Å². The highest BCUT2D eigenvalue weighted by molar-refractivity contribution is 5.63. The zero-order valence-corrected chi connectivity index (χ0v) is 14.0. The quantitative estimate of drug-likeness (QED) is 0.779. The van der Waals surface area contributed by atoms with E-state index in [1.54, 1.807) is 12.4 Å². The molecule has 3 heterocycles. The van der Waals surface area contributed by atoms with E-state index in [-0.39, 0.29) is 11.3 Å². The number of nitrogens with zero attached hydrogens (tertiary/aromatic N) is 3. The van der Waals surface area contributed by atoms with Crippen molar-refractivity contribution in [3.8, 4) is 0 Å². The molecular formula is C19H18F3N3O. The Morgan fingerprint density at radius 2 is 1.96 bits per heavy atom.